The first kappa shape index (κ1) is 11.9. The van der Waals surface area contributed by atoms with Gasteiger partial charge in [0.05, 0.1) is 11.7 Å². The quantitative estimate of drug-likeness (QED) is 0.622. The molecule has 16 heavy (non-hydrogen) atoms. The highest BCUT2D eigenvalue weighted by Gasteiger charge is 2.02. The summed E-state index contributed by atoms with van der Waals surface area (Å²) in [5, 5.41) is 5.62. The number of ether oxygens (including phenoxy) is 1. The van der Waals surface area contributed by atoms with Gasteiger partial charge in [-0.1, -0.05) is 6.07 Å². The highest BCUT2D eigenvalue weighted by atomic mass is 127. The number of benzene rings is 1. The number of fused-ring (bicyclic) bond motifs is 1. The number of methoxy groups -OCH3 is 1. The number of aromatic nitrogens is 2. The third kappa shape index (κ3) is 2.74. The molecule has 4 heteroatoms. The van der Waals surface area contributed by atoms with Crippen molar-refractivity contribution in [1.29, 1.82) is 0 Å². The van der Waals surface area contributed by atoms with Crippen molar-refractivity contribution in [3.63, 3.8) is 0 Å². The minimum Gasteiger partial charge on any atom is -0.385 e. The third-order valence-electron chi connectivity index (χ3n) is 2.58. The van der Waals surface area contributed by atoms with Gasteiger partial charge in [0, 0.05) is 29.2 Å². The number of unbranched alkanes of at least 4 members (excludes halogenated alkanes) is 1. The first-order valence-corrected chi connectivity index (χ1v) is 6.49. The Balaban J connectivity index is 2.09. The van der Waals surface area contributed by atoms with E-state index in [0.29, 0.717) is 0 Å². The highest BCUT2D eigenvalue weighted by molar-refractivity contribution is 14.1. The predicted octanol–water partition coefficient (Wildman–Crippen LogP) is 3.07. The normalized spacial score (nSPS) is 11.1. The van der Waals surface area contributed by atoms with Crippen LogP contribution in [0.3, 0.4) is 0 Å². The van der Waals surface area contributed by atoms with E-state index in [9.17, 15) is 0 Å². The Morgan fingerprint density at radius 3 is 3.06 bits per heavy atom. The Kier molecular flexibility index (Phi) is 4.17. The molecule has 86 valence electrons. The molecule has 0 aliphatic rings. The topological polar surface area (TPSA) is 27.1 Å². The van der Waals surface area contributed by atoms with E-state index in [-0.39, 0.29) is 0 Å². The average molecular weight is 330 g/mol. The van der Waals surface area contributed by atoms with Crippen LogP contribution in [-0.2, 0) is 11.3 Å². The SMILES string of the molecule is COCCCCn1ncc2ccc(I)cc21. The fourth-order valence-electron chi connectivity index (χ4n) is 1.73. The molecule has 2 aromatic rings. The van der Waals surface area contributed by atoms with Crippen molar-refractivity contribution in [2.45, 2.75) is 19.4 Å². The van der Waals surface area contributed by atoms with Gasteiger partial charge in [0.25, 0.3) is 0 Å². The predicted molar refractivity (Wildman–Crippen MR) is 73.6 cm³/mol. The van der Waals surface area contributed by atoms with Gasteiger partial charge in [-0.25, -0.2) is 0 Å². The van der Waals surface area contributed by atoms with Gasteiger partial charge in [-0.05, 0) is 47.6 Å². The average Bonchev–Trinajstić information content (AvgIpc) is 2.67. The Morgan fingerprint density at radius 1 is 1.38 bits per heavy atom. The number of rotatable bonds is 5. The molecular weight excluding hydrogens is 315 g/mol. The molecular formula is C12H15IN2O. The standard InChI is InChI=1S/C12H15IN2O/c1-16-7-3-2-6-15-12-8-11(13)5-4-10(12)9-14-15/h4-5,8-9H,2-3,6-7H2,1H3. The fourth-order valence-corrected chi connectivity index (χ4v) is 2.20. The molecule has 3 nitrogen and oxygen atoms in total. The summed E-state index contributed by atoms with van der Waals surface area (Å²) in [5.41, 5.74) is 1.23. The summed E-state index contributed by atoms with van der Waals surface area (Å²) in [4.78, 5) is 0. The largest absolute Gasteiger partial charge is 0.385 e. The number of nitrogens with zero attached hydrogens (tertiary/aromatic N) is 2. The Bertz CT molecular complexity index is 467. The van der Waals surface area contributed by atoms with E-state index < -0.39 is 0 Å². The van der Waals surface area contributed by atoms with Crippen molar-refractivity contribution in [2.24, 2.45) is 0 Å². The molecule has 1 aromatic heterocycles. The summed E-state index contributed by atoms with van der Waals surface area (Å²) in [6.07, 6.45) is 4.12. The molecule has 0 radical (unpaired) electrons. The molecule has 1 heterocycles. The number of halogens is 1. The van der Waals surface area contributed by atoms with E-state index in [2.05, 4.69) is 50.6 Å². The number of hydrogen-bond donors (Lipinski definition) is 0. The van der Waals surface area contributed by atoms with Crippen molar-refractivity contribution in [2.75, 3.05) is 13.7 Å². The summed E-state index contributed by atoms with van der Waals surface area (Å²) in [5.74, 6) is 0. The van der Waals surface area contributed by atoms with Gasteiger partial charge in [-0.2, -0.15) is 5.10 Å². The second-order valence-corrected chi connectivity index (χ2v) is 5.02. The van der Waals surface area contributed by atoms with Gasteiger partial charge in [0.1, 0.15) is 0 Å². The number of hydrogen-bond acceptors (Lipinski definition) is 2. The van der Waals surface area contributed by atoms with Crippen molar-refractivity contribution in [3.05, 3.63) is 28.0 Å². The van der Waals surface area contributed by atoms with E-state index in [0.717, 1.165) is 26.0 Å². The minimum absolute atomic E-state index is 0.830. The van der Waals surface area contributed by atoms with Crippen LogP contribution in [0.5, 0.6) is 0 Å². The lowest BCUT2D eigenvalue weighted by Crippen LogP contribution is -2.01. The van der Waals surface area contributed by atoms with Crippen LogP contribution in [0.15, 0.2) is 24.4 Å². The zero-order valence-electron chi connectivity index (χ0n) is 9.32. The zero-order chi connectivity index (χ0) is 11.4. The lowest BCUT2D eigenvalue weighted by atomic mass is 10.2. The number of aryl methyl sites for hydroxylation is 1. The summed E-state index contributed by atoms with van der Waals surface area (Å²) in [6.45, 7) is 1.80. The highest BCUT2D eigenvalue weighted by Crippen LogP contribution is 2.17. The summed E-state index contributed by atoms with van der Waals surface area (Å²) >= 11 is 2.33. The van der Waals surface area contributed by atoms with Crippen molar-refractivity contribution in [3.8, 4) is 0 Å². The van der Waals surface area contributed by atoms with Gasteiger partial charge >= 0.3 is 0 Å². The van der Waals surface area contributed by atoms with Gasteiger partial charge in [-0.15, -0.1) is 0 Å². The summed E-state index contributed by atoms with van der Waals surface area (Å²) in [7, 11) is 1.74. The Labute approximate surface area is 109 Å². The van der Waals surface area contributed by atoms with E-state index in [1.807, 2.05) is 6.20 Å². The fraction of sp³-hybridized carbons (Fsp3) is 0.417. The van der Waals surface area contributed by atoms with Gasteiger partial charge in [0.2, 0.25) is 0 Å². The molecule has 0 saturated heterocycles. The van der Waals surface area contributed by atoms with Crippen LogP contribution < -0.4 is 0 Å². The molecule has 0 N–H and O–H groups in total. The second kappa shape index (κ2) is 5.63. The van der Waals surface area contributed by atoms with Crippen LogP contribution in [0.25, 0.3) is 10.9 Å². The molecule has 0 bridgehead atoms. The maximum atomic E-state index is 5.04. The lowest BCUT2D eigenvalue weighted by molar-refractivity contribution is 0.191. The van der Waals surface area contributed by atoms with E-state index in [1.165, 1.54) is 14.5 Å². The Morgan fingerprint density at radius 2 is 2.25 bits per heavy atom. The smallest absolute Gasteiger partial charge is 0.0692 e. The van der Waals surface area contributed by atoms with E-state index in [4.69, 9.17) is 4.74 Å². The summed E-state index contributed by atoms with van der Waals surface area (Å²) in [6, 6.07) is 6.41. The van der Waals surface area contributed by atoms with E-state index in [1.54, 1.807) is 7.11 Å². The summed E-state index contributed by atoms with van der Waals surface area (Å²) < 4.78 is 8.37. The van der Waals surface area contributed by atoms with Crippen LogP contribution in [0.1, 0.15) is 12.8 Å². The molecule has 2 rings (SSSR count). The van der Waals surface area contributed by atoms with Crippen LogP contribution >= 0.6 is 22.6 Å². The molecule has 0 amide bonds. The zero-order valence-corrected chi connectivity index (χ0v) is 11.5. The van der Waals surface area contributed by atoms with Crippen LogP contribution in [0, 0.1) is 3.57 Å². The Hall–Kier alpha value is -0.620. The molecule has 0 atom stereocenters. The van der Waals surface area contributed by atoms with Crippen molar-refractivity contribution < 1.29 is 4.74 Å². The molecule has 0 fully saturated rings. The monoisotopic (exact) mass is 330 g/mol. The van der Waals surface area contributed by atoms with Crippen LogP contribution in [-0.4, -0.2) is 23.5 Å². The molecule has 0 unspecified atom stereocenters. The van der Waals surface area contributed by atoms with Crippen molar-refractivity contribution >= 4 is 33.5 Å². The van der Waals surface area contributed by atoms with Crippen LogP contribution in [0.4, 0.5) is 0 Å². The van der Waals surface area contributed by atoms with Gasteiger partial charge in [0.15, 0.2) is 0 Å². The molecule has 0 spiro atoms. The maximum Gasteiger partial charge on any atom is 0.0692 e. The van der Waals surface area contributed by atoms with Crippen molar-refractivity contribution in [1.82, 2.24) is 9.78 Å². The second-order valence-electron chi connectivity index (χ2n) is 3.77. The molecule has 0 aliphatic carbocycles. The van der Waals surface area contributed by atoms with Gasteiger partial charge < -0.3 is 4.74 Å². The lowest BCUT2D eigenvalue weighted by Gasteiger charge is -2.03. The minimum atomic E-state index is 0.830. The molecule has 0 aliphatic heterocycles. The third-order valence-corrected chi connectivity index (χ3v) is 3.25. The van der Waals surface area contributed by atoms with E-state index >= 15 is 0 Å². The first-order chi connectivity index (χ1) is 7.81. The van der Waals surface area contributed by atoms with Gasteiger partial charge in [-0.3, -0.25) is 4.68 Å². The molecule has 1 aromatic carbocycles. The maximum absolute atomic E-state index is 5.04. The first-order valence-electron chi connectivity index (χ1n) is 5.41. The molecule has 0 saturated carbocycles. The van der Waals surface area contributed by atoms with Crippen LogP contribution in [0.2, 0.25) is 0 Å².